The van der Waals surface area contributed by atoms with Crippen LogP contribution < -0.4 is 0 Å². The predicted molar refractivity (Wildman–Crippen MR) is 122 cm³/mol. The lowest BCUT2D eigenvalue weighted by atomic mass is 9.46. The van der Waals surface area contributed by atoms with Crippen molar-refractivity contribution < 1.29 is 15.3 Å². The standard InChI is InChI=1S/C27H46O3/c1-17(16-28)6-5-7-18(2)21-8-9-22-25-23(11-13-27(21,22)4)26(3)12-10-20(29)14-19(26)15-24(25)30/h15,17-18,20-25,28-30H,5-14,16H2,1-4H3/t17?,18-,20?,21-,22+,23+,24-,25+,26+,27-/m1/s1. The molecular formula is C27H46O3. The van der Waals surface area contributed by atoms with Crippen LogP contribution in [-0.4, -0.2) is 34.1 Å². The van der Waals surface area contributed by atoms with Crippen molar-refractivity contribution >= 4 is 0 Å². The molecule has 4 rings (SSSR count). The third-order valence-electron chi connectivity index (χ3n) is 10.5. The summed E-state index contributed by atoms with van der Waals surface area (Å²) in [5, 5.41) is 30.8. The molecule has 0 radical (unpaired) electrons. The van der Waals surface area contributed by atoms with Gasteiger partial charge in [-0.1, -0.05) is 52.2 Å². The summed E-state index contributed by atoms with van der Waals surface area (Å²) in [7, 11) is 0. The summed E-state index contributed by atoms with van der Waals surface area (Å²) in [6.07, 6.45) is 13.2. The lowest BCUT2D eigenvalue weighted by Crippen LogP contribution is -2.54. The molecule has 0 bridgehead atoms. The Morgan fingerprint density at radius 2 is 1.77 bits per heavy atom. The molecule has 3 heteroatoms. The van der Waals surface area contributed by atoms with E-state index in [4.69, 9.17) is 0 Å². The van der Waals surface area contributed by atoms with E-state index in [9.17, 15) is 15.3 Å². The van der Waals surface area contributed by atoms with Crippen molar-refractivity contribution in [3.8, 4) is 0 Å². The Kier molecular flexibility index (Phi) is 6.48. The monoisotopic (exact) mass is 418 g/mol. The predicted octanol–water partition coefficient (Wildman–Crippen LogP) is 5.33. The van der Waals surface area contributed by atoms with Gasteiger partial charge in [0.25, 0.3) is 0 Å². The minimum Gasteiger partial charge on any atom is -0.396 e. The zero-order chi connectivity index (χ0) is 21.7. The maximum atomic E-state index is 11.3. The van der Waals surface area contributed by atoms with Crippen molar-refractivity contribution in [2.45, 2.75) is 104 Å². The molecule has 0 aromatic heterocycles. The van der Waals surface area contributed by atoms with Crippen LogP contribution in [0.15, 0.2) is 11.6 Å². The molecule has 0 aliphatic heterocycles. The van der Waals surface area contributed by atoms with Gasteiger partial charge in [0.05, 0.1) is 12.2 Å². The van der Waals surface area contributed by atoms with Gasteiger partial charge in [0.2, 0.25) is 0 Å². The van der Waals surface area contributed by atoms with Gasteiger partial charge in [-0.15, -0.1) is 0 Å². The highest BCUT2D eigenvalue weighted by Crippen LogP contribution is 2.67. The summed E-state index contributed by atoms with van der Waals surface area (Å²) >= 11 is 0. The number of hydrogen-bond donors (Lipinski definition) is 3. The number of fused-ring (bicyclic) bond motifs is 5. The number of aliphatic hydroxyl groups excluding tert-OH is 3. The Hall–Kier alpha value is -0.380. The quantitative estimate of drug-likeness (QED) is 0.511. The Balaban J connectivity index is 1.50. The summed E-state index contributed by atoms with van der Waals surface area (Å²) in [4.78, 5) is 0. The topological polar surface area (TPSA) is 60.7 Å². The minimum absolute atomic E-state index is 0.189. The first-order chi connectivity index (χ1) is 14.2. The summed E-state index contributed by atoms with van der Waals surface area (Å²) in [5.41, 5.74) is 1.90. The summed E-state index contributed by atoms with van der Waals surface area (Å²) in [5.74, 6) is 3.54. The second-order valence-electron chi connectivity index (χ2n) is 12.2. The van der Waals surface area contributed by atoms with Crippen molar-refractivity contribution in [1.82, 2.24) is 0 Å². The summed E-state index contributed by atoms with van der Waals surface area (Å²) < 4.78 is 0. The third-order valence-corrected chi connectivity index (χ3v) is 10.5. The highest BCUT2D eigenvalue weighted by Gasteiger charge is 2.61. The van der Waals surface area contributed by atoms with Crippen LogP contribution in [0.25, 0.3) is 0 Å². The highest BCUT2D eigenvalue weighted by molar-refractivity contribution is 5.27. The molecule has 3 fully saturated rings. The van der Waals surface area contributed by atoms with Gasteiger partial charge in [-0.25, -0.2) is 0 Å². The molecule has 30 heavy (non-hydrogen) atoms. The molecule has 172 valence electrons. The van der Waals surface area contributed by atoms with E-state index in [1.165, 1.54) is 44.1 Å². The lowest BCUT2D eigenvalue weighted by Gasteiger charge is -2.59. The second-order valence-corrected chi connectivity index (χ2v) is 12.2. The van der Waals surface area contributed by atoms with Crippen molar-refractivity contribution in [1.29, 1.82) is 0 Å². The Labute approximate surface area is 184 Å². The lowest BCUT2D eigenvalue weighted by molar-refractivity contribution is -0.0971. The number of rotatable bonds is 6. The van der Waals surface area contributed by atoms with Crippen molar-refractivity contribution in [2.24, 2.45) is 46.3 Å². The zero-order valence-corrected chi connectivity index (χ0v) is 19.8. The normalized spacial score (nSPS) is 47.6. The van der Waals surface area contributed by atoms with E-state index in [0.29, 0.717) is 35.7 Å². The van der Waals surface area contributed by atoms with Crippen molar-refractivity contribution in [3.05, 3.63) is 11.6 Å². The van der Waals surface area contributed by atoms with Crippen molar-refractivity contribution in [2.75, 3.05) is 6.61 Å². The molecular weight excluding hydrogens is 372 g/mol. The molecule has 0 spiro atoms. The molecule has 0 amide bonds. The first-order valence-electron chi connectivity index (χ1n) is 12.9. The summed E-state index contributed by atoms with van der Waals surface area (Å²) in [6, 6.07) is 0. The Morgan fingerprint density at radius 1 is 1.00 bits per heavy atom. The van der Waals surface area contributed by atoms with Crippen molar-refractivity contribution in [3.63, 3.8) is 0 Å². The zero-order valence-electron chi connectivity index (χ0n) is 19.8. The van der Waals surface area contributed by atoms with Crippen LogP contribution in [0, 0.1) is 46.3 Å². The molecule has 3 saturated carbocycles. The minimum atomic E-state index is -0.326. The fraction of sp³-hybridized carbons (Fsp3) is 0.926. The first-order valence-corrected chi connectivity index (χ1v) is 12.9. The van der Waals surface area contributed by atoms with E-state index in [2.05, 4.69) is 33.8 Å². The van der Waals surface area contributed by atoms with Crippen LogP contribution in [0.5, 0.6) is 0 Å². The van der Waals surface area contributed by atoms with Crippen LogP contribution in [0.1, 0.15) is 91.9 Å². The molecule has 10 atom stereocenters. The molecule has 3 N–H and O–H groups in total. The molecule has 0 heterocycles. The molecule has 4 aliphatic carbocycles. The van der Waals surface area contributed by atoms with E-state index in [1.807, 2.05) is 0 Å². The smallest absolute Gasteiger partial charge is 0.0757 e. The van der Waals surface area contributed by atoms with Gasteiger partial charge in [-0.05, 0) is 97.7 Å². The van der Waals surface area contributed by atoms with Crippen LogP contribution in [0.2, 0.25) is 0 Å². The van der Waals surface area contributed by atoms with Gasteiger partial charge in [0.1, 0.15) is 0 Å². The van der Waals surface area contributed by atoms with E-state index < -0.39 is 0 Å². The Bertz CT molecular complexity index is 644. The van der Waals surface area contributed by atoms with Crippen LogP contribution >= 0.6 is 0 Å². The van der Waals surface area contributed by atoms with Crippen LogP contribution in [0.3, 0.4) is 0 Å². The molecule has 0 aromatic rings. The maximum Gasteiger partial charge on any atom is 0.0757 e. The fourth-order valence-electron chi connectivity index (χ4n) is 8.69. The van der Waals surface area contributed by atoms with Gasteiger partial charge in [-0.3, -0.25) is 0 Å². The van der Waals surface area contributed by atoms with E-state index >= 15 is 0 Å². The number of aliphatic hydroxyl groups is 3. The molecule has 4 aliphatic rings. The molecule has 0 aromatic carbocycles. The SMILES string of the molecule is CC(CO)CCC[C@@H](C)[C@H]1CC[C@H]2[C@@H]3[C@H](O)C=C4CC(O)CC[C@]4(C)[C@H]3CC[C@]12C. The van der Waals surface area contributed by atoms with E-state index in [0.717, 1.165) is 37.5 Å². The average molecular weight is 419 g/mol. The van der Waals surface area contributed by atoms with E-state index in [1.54, 1.807) is 0 Å². The highest BCUT2D eigenvalue weighted by atomic mass is 16.3. The van der Waals surface area contributed by atoms with Gasteiger partial charge in [-0.2, -0.15) is 0 Å². The largest absolute Gasteiger partial charge is 0.396 e. The van der Waals surface area contributed by atoms with Gasteiger partial charge < -0.3 is 15.3 Å². The van der Waals surface area contributed by atoms with Gasteiger partial charge in [0.15, 0.2) is 0 Å². The van der Waals surface area contributed by atoms with Gasteiger partial charge in [0, 0.05) is 6.61 Å². The molecule has 3 nitrogen and oxygen atoms in total. The van der Waals surface area contributed by atoms with Crippen LogP contribution in [-0.2, 0) is 0 Å². The first kappa shape index (κ1) is 22.8. The fourth-order valence-corrected chi connectivity index (χ4v) is 8.69. The Morgan fingerprint density at radius 3 is 2.50 bits per heavy atom. The third kappa shape index (κ3) is 3.71. The van der Waals surface area contributed by atoms with Gasteiger partial charge >= 0.3 is 0 Å². The summed E-state index contributed by atoms with van der Waals surface area (Å²) in [6.45, 7) is 9.92. The molecule has 0 saturated heterocycles. The average Bonchev–Trinajstić information content (AvgIpc) is 3.06. The van der Waals surface area contributed by atoms with Crippen LogP contribution in [0.4, 0.5) is 0 Å². The number of hydrogen-bond acceptors (Lipinski definition) is 3. The van der Waals surface area contributed by atoms with E-state index in [-0.39, 0.29) is 17.6 Å². The second kappa shape index (κ2) is 8.52. The maximum absolute atomic E-state index is 11.3. The molecule has 2 unspecified atom stereocenters.